The first-order valence-corrected chi connectivity index (χ1v) is 7.35. The topological polar surface area (TPSA) is 84.2 Å². The second-order valence-electron chi connectivity index (χ2n) is 4.54. The normalized spacial score (nSPS) is 10.2. The van der Waals surface area contributed by atoms with Crippen molar-refractivity contribution in [3.05, 3.63) is 22.2 Å². The maximum Gasteiger partial charge on any atom is 0.224 e. The van der Waals surface area contributed by atoms with Crippen LogP contribution in [0, 0.1) is 6.92 Å². The minimum atomic E-state index is -0.140. The van der Waals surface area contributed by atoms with Crippen LogP contribution in [0.15, 0.2) is 16.6 Å². The number of carbonyl (C=O) groups excluding carboxylic acids is 2. The number of rotatable bonds is 6. The fraction of sp³-hybridized carbons (Fsp3) is 0.429. The van der Waals surface area contributed by atoms with E-state index in [1.807, 2.05) is 19.9 Å². The van der Waals surface area contributed by atoms with E-state index in [9.17, 15) is 9.59 Å². The highest BCUT2D eigenvalue weighted by atomic mass is 79.9. The Bertz CT molecular complexity index is 503. The average molecular weight is 342 g/mol. The maximum atomic E-state index is 11.8. The summed E-state index contributed by atoms with van der Waals surface area (Å²) in [5.74, 6) is -0.170. The van der Waals surface area contributed by atoms with Crippen LogP contribution in [0.25, 0.3) is 0 Å². The van der Waals surface area contributed by atoms with E-state index in [1.165, 1.54) is 0 Å². The largest absolute Gasteiger partial charge is 0.397 e. The van der Waals surface area contributed by atoms with Gasteiger partial charge in [-0.05, 0) is 38.0 Å². The number of aryl methyl sites for hydroxylation is 1. The molecule has 0 saturated heterocycles. The Hall–Kier alpha value is -1.56. The van der Waals surface area contributed by atoms with Crippen LogP contribution in [0.3, 0.4) is 0 Å². The number of nitrogens with one attached hydrogen (secondary N) is 2. The third-order valence-corrected chi connectivity index (χ3v) is 3.27. The van der Waals surface area contributed by atoms with Gasteiger partial charge in [0.25, 0.3) is 0 Å². The zero-order valence-electron chi connectivity index (χ0n) is 11.8. The van der Waals surface area contributed by atoms with Gasteiger partial charge in [-0.15, -0.1) is 0 Å². The van der Waals surface area contributed by atoms with Crippen molar-refractivity contribution in [2.24, 2.45) is 0 Å². The Kier molecular flexibility index (Phi) is 6.51. The highest BCUT2D eigenvalue weighted by Crippen LogP contribution is 2.27. The lowest BCUT2D eigenvalue weighted by Crippen LogP contribution is -2.22. The van der Waals surface area contributed by atoms with Gasteiger partial charge in [0.05, 0.1) is 11.4 Å². The van der Waals surface area contributed by atoms with Gasteiger partial charge in [0.15, 0.2) is 0 Å². The molecule has 4 N–H and O–H groups in total. The molecular weight excluding hydrogens is 322 g/mol. The molecule has 20 heavy (non-hydrogen) atoms. The number of carbonyl (C=O) groups is 2. The van der Waals surface area contributed by atoms with E-state index in [0.717, 1.165) is 10.0 Å². The van der Waals surface area contributed by atoms with Gasteiger partial charge in [0.2, 0.25) is 11.8 Å². The molecule has 0 spiro atoms. The summed E-state index contributed by atoms with van der Waals surface area (Å²) in [6, 6.07) is 3.66. The highest BCUT2D eigenvalue weighted by Gasteiger charge is 2.09. The molecule has 1 aromatic carbocycles. The van der Waals surface area contributed by atoms with Gasteiger partial charge < -0.3 is 16.4 Å². The molecule has 0 saturated carbocycles. The van der Waals surface area contributed by atoms with E-state index in [2.05, 4.69) is 26.6 Å². The van der Waals surface area contributed by atoms with Crippen molar-refractivity contribution in [2.75, 3.05) is 17.6 Å². The third kappa shape index (κ3) is 5.21. The Morgan fingerprint density at radius 1 is 1.25 bits per heavy atom. The Morgan fingerprint density at radius 3 is 2.55 bits per heavy atom. The van der Waals surface area contributed by atoms with E-state index in [0.29, 0.717) is 37.2 Å². The number of amides is 2. The van der Waals surface area contributed by atoms with Crippen LogP contribution in [0.4, 0.5) is 11.4 Å². The van der Waals surface area contributed by atoms with E-state index < -0.39 is 0 Å². The molecule has 0 aliphatic rings. The number of hydrogen-bond donors (Lipinski definition) is 3. The summed E-state index contributed by atoms with van der Waals surface area (Å²) in [7, 11) is 0. The molecule has 0 bridgehead atoms. The summed E-state index contributed by atoms with van der Waals surface area (Å²) in [5.41, 5.74) is 7.97. The van der Waals surface area contributed by atoms with Gasteiger partial charge in [-0.1, -0.05) is 15.9 Å². The van der Waals surface area contributed by atoms with Crippen LogP contribution < -0.4 is 16.4 Å². The van der Waals surface area contributed by atoms with Crippen molar-refractivity contribution in [3.8, 4) is 0 Å². The summed E-state index contributed by atoms with van der Waals surface area (Å²) in [6.07, 6.45) is 1.17. The SMILES string of the molecule is CCNC(=O)CCCC(=O)Nc1cc(Br)cc(C)c1N. The Balaban J connectivity index is 2.49. The molecule has 0 aliphatic heterocycles. The molecule has 0 aromatic heterocycles. The van der Waals surface area contributed by atoms with E-state index in [1.54, 1.807) is 6.07 Å². The second kappa shape index (κ2) is 7.89. The predicted molar refractivity (Wildman–Crippen MR) is 84.5 cm³/mol. The average Bonchev–Trinajstić information content (AvgIpc) is 2.35. The van der Waals surface area contributed by atoms with E-state index >= 15 is 0 Å². The molecule has 0 atom stereocenters. The molecular formula is C14H20BrN3O2. The predicted octanol–water partition coefficient (Wildman–Crippen LogP) is 2.58. The molecule has 110 valence electrons. The molecule has 0 fully saturated rings. The first kappa shape index (κ1) is 16.5. The number of benzene rings is 1. The van der Waals surface area contributed by atoms with Gasteiger partial charge in [-0.2, -0.15) is 0 Å². The zero-order chi connectivity index (χ0) is 15.1. The summed E-state index contributed by atoms with van der Waals surface area (Å²) < 4.78 is 0.863. The first-order chi connectivity index (χ1) is 9.43. The van der Waals surface area contributed by atoms with Crippen LogP contribution in [0.2, 0.25) is 0 Å². The quantitative estimate of drug-likeness (QED) is 0.695. The number of halogens is 1. The zero-order valence-corrected chi connectivity index (χ0v) is 13.3. The molecule has 6 heteroatoms. The molecule has 1 rings (SSSR count). The van der Waals surface area contributed by atoms with Crippen molar-refractivity contribution in [1.82, 2.24) is 5.32 Å². The lowest BCUT2D eigenvalue weighted by atomic mass is 10.1. The lowest BCUT2D eigenvalue weighted by Gasteiger charge is -2.11. The van der Waals surface area contributed by atoms with Crippen molar-refractivity contribution in [1.29, 1.82) is 0 Å². The van der Waals surface area contributed by atoms with Crippen LogP contribution in [-0.2, 0) is 9.59 Å². The molecule has 2 amide bonds. The smallest absolute Gasteiger partial charge is 0.224 e. The van der Waals surface area contributed by atoms with Gasteiger partial charge in [-0.3, -0.25) is 9.59 Å². The molecule has 0 heterocycles. The van der Waals surface area contributed by atoms with Gasteiger partial charge in [-0.25, -0.2) is 0 Å². The maximum absolute atomic E-state index is 11.8. The van der Waals surface area contributed by atoms with Gasteiger partial charge in [0.1, 0.15) is 0 Å². The molecule has 0 unspecified atom stereocenters. The van der Waals surface area contributed by atoms with E-state index in [4.69, 9.17) is 5.73 Å². The number of nitrogens with two attached hydrogens (primary N) is 1. The minimum Gasteiger partial charge on any atom is -0.397 e. The van der Waals surface area contributed by atoms with E-state index in [-0.39, 0.29) is 11.8 Å². The van der Waals surface area contributed by atoms with Crippen LogP contribution in [-0.4, -0.2) is 18.4 Å². The summed E-state index contributed by atoms with van der Waals surface area (Å²) in [6.45, 7) is 4.35. The number of nitrogen functional groups attached to an aromatic ring is 1. The molecule has 5 nitrogen and oxygen atoms in total. The minimum absolute atomic E-state index is 0.0295. The number of anilines is 2. The molecule has 1 aromatic rings. The van der Waals surface area contributed by atoms with Gasteiger partial charge in [0, 0.05) is 23.9 Å². The van der Waals surface area contributed by atoms with Crippen molar-refractivity contribution < 1.29 is 9.59 Å². The van der Waals surface area contributed by atoms with Crippen LogP contribution >= 0.6 is 15.9 Å². The fourth-order valence-electron chi connectivity index (χ4n) is 1.77. The standard InChI is InChI=1S/C14H20BrN3O2/c1-3-17-12(19)5-4-6-13(20)18-11-8-10(15)7-9(2)14(11)16/h7-8H,3-6,16H2,1-2H3,(H,17,19)(H,18,20). The highest BCUT2D eigenvalue weighted by molar-refractivity contribution is 9.10. The van der Waals surface area contributed by atoms with Crippen molar-refractivity contribution >= 4 is 39.1 Å². The summed E-state index contributed by atoms with van der Waals surface area (Å²) in [5, 5.41) is 5.47. The summed E-state index contributed by atoms with van der Waals surface area (Å²) >= 11 is 3.37. The summed E-state index contributed by atoms with van der Waals surface area (Å²) in [4.78, 5) is 23.1. The number of hydrogen-bond acceptors (Lipinski definition) is 3. The molecule has 0 radical (unpaired) electrons. The third-order valence-electron chi connectivity index (χ3n) is 2.81. The first-order valence-electron chi connectivity index (χ1n) is 6.56. The van der Waals surface area contributed by atoms with Crippen molar-refractivity contribution in [2.45, 2.75) is 33.1 Å². The Morgan fingerprint density at radius 2 is 1.90 bits per heavy atom. The lowest BCUT2D eigenvalue weighted by molar-refractivity contribution is -0.121. The second-order valence-corrected chi connectivity index (χ2v) is 5.45. The van der Waals surface area contributed by atoms with Crippen LogP contribution in [0.5, 0.6) is 0 Å². The monoisotopic (exact) mass is 341 g/mol. The fourth-order valence-corrected chi connectivity index (χ4v) is 2.34. The molecule has 0 aliphatic carbocycles. The Labute approximate surface area is 127 Å². The van der Waals surface area contributed by atoms with Gasteiger partial charge >= 0.3 is 0 Å². The van der Waals surface area contributed by atoms with Crippen LogP contribution in [0.1, 0.15) is 31.7 Å². The van der Waals surface area contributed by atoms with Crippen molar-refractivity contribution in [3.63, 3.8) is 0 Å².